The Hall–Kier alpha value is -3.79. The van der Waals surface area contributed by atoms with Crippen molar-refractivity contribution >= 4 is 28.2 Å². The van der Waals surface area contributed by atoms with Gasteiger partial charge in [-0.15, -0.1) is 0 Å². The maximum Gasteiger partial charge on any atom is 0.153 e. The number of anilines is 3. The van der Waals surface area contributed by atoms with E-state index in [0.717, 1.165) is 39.1 Å². The molecule has 1 aromatic carbocycles. The van der Waals surface area contributed by atoms with E-state index in [0.29, 0.717) is 5.82 Å². The van der Waals surface area contributed by atoms with Gasteiger partial charge in [0.25, 0.3) is 0 Å². The van der Waals surface area contributed by atoms with E-state index in [1.165, 1.54) is 0 Å². The molecule has 29 heavy (non-hydrogen) atoms. The van der Waals surface area contributed by atoms with Gasteiger partial charge in [0.05, 0.1) is 23.0 Å². The molecule has 0 aliphatic rings. The van der Waals surface area contributed by atoms with Crippen molar-refractivity contribution in [2.45, 2.75) is 20.8 Å². The van der Waals surface area contributed by atoms with Crippen molar-refractivity contribution < 1.29 is 0 Å². The van der Waals surface area contributed by atoms with E-state index in [1.54, 1.807) is 17.1 Å². The second kappa shape index (κ2) is 6.99. The van der Waals surface area contributed by atoms with Gasteiger partial charge in [0, 0.05) is 30.2 Å². The maximum atomic E-state index is 6.08. The molecule has 4 rings (SSSR count). The lowest BCUT2D eigenvalue weighted by atomic mass is 9.96. The number of aryl methyl sites for hydroxylation is 1. The van der Waals surface area contributed by atoms with Gasteiger partial charge >= 0.3 is 0 Å². The molecule has 0 saturated carbocycles. The number of hydrogen-bond acceptors (Lipinski definition) is 5. The topological polar surface area (TPSA) is 97.4 Å². The Morgan fingerprint density at radius 2 is 2.00 bits per heavy atom. The van der Waals surface area contributed by atoms with Crippen LogP contribution in [0, 0.1) is 17.3 Å². The van der Waals surface area contributed by atoms with E-state index in [-0.39, 0.29) is 5.41 Å². The first-order valence-electron chi connectivity index (χ1n) is 9.31. The number of benzene rings is 1. The van der Waals surface area contributed by atoms with Crippen LogP contribution in [0.4, 0.5) is 17.3 Å². The summed E-state index contributed by atoms with van der Waals surface area (Å²) in [4.78, 5) is 4.41. The van der Waals surface area contributed by atoms with Crippen molar-refractivity contribution in [1.29, 1.82) is 0 Å². The first-order chi connectivity index (χ1) is 13.8. The lowest BCUT2D eigenvalue weighted by Gasteiger charge is -2.09. The summed E-state index contributed by atoms with van der Waals surface area (Å²) in [6.45, 7) is 6.25. The van der Waals surface area contributed by atoms with Crippen LogP contribution in [0.5, 0.6) is 0 Å². The summed E-state index contributed by atoms with van der Waals surface area (Å²) in [5.41, 5.74) is 10.6. The number of nitrogens with two attached hydrogens (primary N) is 1. The molecular formula is C22H23N7. The number of nitrogen functional groups attached to an aromatic ring is 1. The van der Waals surface area contributed by atoms with Crippen LogP contribution in [-0.2, 0) is 7.05 Å². The summed E-state index contributed by atoms with van der Waals surface area (Å²) in [5.74, 6) is 7.78. The molecule has 146 valence electrons. The fraction of sp³-hybridized carbons (Fsp3) is 0.227. The number of nitrogens with one attached hydrogen (secondary N) is 2. The van der Waals surface area contributed by atoms with Gasteiger partial charge in [0.1, 0.15) is 5.82 Å². The summed E-state index contributed by atoms with van der Waals surface area (Å²) in [5, 5.41) is 15.5. The minimum Gasteiger partial charge on any atom is -0.382 e. The molecule has 0 aliphatic heterocycles. The van der Waals surface area contributed by atoms with E-state index in [9.17, 15) is 0 Å². The monoisotopic (exact) mass is 385 g/mol. The number of rotatable bonds is 3. The van der Waals surface area contributed by atoms with Crippen molar-refractivity contribution in [1.82, 2.24) is 25.0 Å². The van der Waals surface area contributed by atoms with Gasteiger partial charge in [0.2, 0.25) is 0 Å². The highest BCUT2D eigenvalue weighted by atomic mass is 15.3. The predicted molar refractivity (Wildman–Crippen MR) is 117 cm³/mol. The van der Waals surface area contributed by atoms with Gasteiger partial charge in [-0.2, -0.15) is 10.2 Å². The molecule has 0 atom stereocenters. The highest BCUT2D eigenvalue weighted by Gasteiger charge is 2.12. The van der Waals surface area contributed by atoms with Crippen molar-refractivity contribution in [2.24, 2.45) is 12.5 Å². The van der Waals surface area contributed by atoms with Crippen LogP contribution in [0.1, 0.15) is 26.3 Å². The fourth-order valence-electron chi connectivity index (χ4n) is 2.97. The molecule has 4 N–H and O–H groups in total. The molecule has 3 aromatic heterocycles. The molecule has 7 nitrogen and oxygen atoms in total. The molecule has 7 heteroatoms. The largest absolute Gasteiger partial charge is 0.382 e. The Labute approximate surface area is 169 Å². The van der Waals surface area contributed by atoms with Gasteiger partial charge in [-0.25, -0.2) is 4.98 Å². The van der Waals surface area contributed by atoms with Crippen molar-refractivity contribution in [3.05, 3.63) is 48.4 Å². The molecule has 0 spiro atoms. The molecule has 0 fully saturated rings. The van der Waals surface area contributed by atoms with E-state index >= 15 is 0 Å². The van der Waals surface area contributed by atoms with E-state index < -0.39 is 0 Å². The first-order valence-corrected chi connectivity index (χ1v) is 9.31. The minimum atomic E-state index is -0.106. The predicted octanol–water partition coefficient (Wildman–Crippen LogP) is 4.08. The number of aromatic nitrogens is 5. The zero-order chi connectivity index (χ0) is 20.6. The van der Waals surface area contributed by atoms with E-state index in [1.807, 2.05) is 31.4 Å². The lowest BCUT2D eigenvalue weighted by Crippen LogP contribution is -1.99. The molecule has 0 aliphatic carbocycles. The van der Waals surface area contributed by atoms with Crippen LogP contribution in [0.25, 0.3) is 22.0 Å². The van der Waals surface area contributed by atoms with Crippen LogP contribution >= 0.6 is 0 Å². The second-order valence-electron chi connectivity index (χ2n) is 8.01. The molecule has 0 radical (unpaired) electrons. The van der Waals surface area contributed by atoms with E-state index in [4.69, 9.17) is 5.73 Å². The Morgan fingerprint density at radius 3 is 2.72 bits per heavy atom. The lowest BCUT2D eigenvalue weighted by molar-refractivity contribution is 0.571. The zero-order valence-corrected chi connectivity index (χ0v) is 16.9. The normalized spacial score (nSPS) is 11.3. The molecule has 0 unspecified atom stereocenters. The Morgan fingerprint density at radius 1 is 1.17 bits per heavy atom. The molecule has 4 aromatic rings. The molecule has 3 heterocycles. The first kappa shape index (κ1) is 18.6. The van der Waals surface area contributed by atoms with Crippen LogP contribution in [0.3, 0.4) is 0 Å². The van der Waals surface area contributed by atoms with Gasteiger partial charge in [-0.1, -0.05) is 11.8 Å². The van der Waals surface area contributed by atoms with Crippen LogP contribution < -0.4 is 11.1 Å². The van der Waals surface area contributed by atoms with E-state index in [2.05, 4.69) is 64.3 Å². The third-order valence-corrected chi connectivity index (χ3v) is 4.35. The van der Waals surface area contributed by atoms with Crippen molar-refractivity contribution in [2.75, 3.05) is 11.1 Å². The standard InChI is InChI=1S/C22H23N7/c1-22(2,3)7-5-15-9-16(10-18-20(15)27-28-21(18)23)14-6-8-24-19(11-14)26-17-12-25-29(4)13-17/h6,8-13H,1-4H3,(H,24,26)(H3,23,27,28). The van der Waals surface area contributed by atoms with Gasteiger partial charge < -0.3 is 11.1 Å². The third kappa shape index (κ3) is 4.06. The fourth-order valence-corrected chi connectivity index (χ4v) is 2.97. The minimum absolute atomic E-state index is 0.106. The van der Waals surface area contributed by atoms with Crippen molar-refractivity contribution in [3.8, 4) is 23.0 Å². The van der Waals surface area contributed by atoms with Gasteiger partial charge in [-0.3, -0.25) is 9.78 Å². The smallest absolute Gasteiger partial charge is 0.153 e. The van der Waals surface area contributed by atoms with Gasteiger partial charge in [0.15, 0.2) is 5.82 Å². The highest BCUT2D eigenvalue weighted by Crippen LogP contribution is 2.30. The molecular weight excluding hydrogens is 362 g/mol. The number of nitrogens with zero attached hydrogens (tertiary/aromatic N) is 4. The van der Waals surface area contributed by atoms with Crippen LogP contribution in [-0.4, -0.2) is 25.0 Å². The number of pyridine rings is 1. The quantitative estimate of drug-likeness (QED) is 0.462. The Kier molecular flexibility index (Phi) is 4.47. The zero-order valence-electron chi connectivity index (χ0n) is 16.9. The Bertz CT molecular complexity index is 1250. The number of aromatic amines is 1. The summed E-state index contributed by atoms with van der Waals surface area (Å²) in [6, 6.07) is 8.04. The third-order valence-electron chi connectivity index (χ3n) is 4.35. The molecule has 0 bridgehead atoms. The summed E-state index contributed by atoms with van der Waals surface area (Å²) < 4.78 is 1.74. The van der Waals surface area contributed by atoms with Gasteiger partial charge in [-0.05, 0) is 56.2 Å². The average Bonchev–Trinajstić information content (AvgIpc) is 3.25. The number of hydrogen-bond donors (Lipinski definition) is 3. The molecule has 0 saturated heterocycles. The van der Waals surface area contributed by atoms with Crippen LogP contribution in [0.15, 0.2) is 42.9 Å². The van der Waals surface area contributed by atoms with Crippen LogP contribution in [0.2, 0.25) is 0 Å². The molecule has 0 amide bonds. The summed E-state index contributed by atoms with van der Waals surface area (Å²) in [7, 11) is 1.87. The second-order valence-corrected chi connectivity index (χ2v) is 8.01. The SMILES string of the molecule is Cn1cc(Nc2cc(-c3cc(C#CC(C)(C)C)c4[nH]nc(N)c4c3)ccn2)cn1. The highest BCUT2D eigenvalue weighted by molar-refractivity contribution is 5.96. The summed E-state index contributed by atoms with van der Waals surface area (Å²) >= 11 is 0. The maximum absolute atomic E-state index is 6.08. The number of H-pyrrole nitrogens is 1. The average molecular weight is 385 g/mol. The van der Waals surface area contributed by atoms with Crippen molar-refractivity contribution in [3.63, 3.8) is 0 Å². The number of fused-ring (bicyclic) bond motifs is 1. The summed E-state index contributed by atoms with van der Waals surface area (Å²) in [6.07, 6.45) is 5.43. The Balaban J connectivity index is 1.78.